The van der Waals surface area contributed by atoms with Crippen LogP contribution in [-0.2, 0) is 0 Å². The van der Waals surface area contributed by atoms with E-state index >= 15 is 0 Å². The molecule has 32 heavy (non-hydrogen) atoms. The molecule has 158 valence electrons. The first-order valence-electron chi connectivity index (χ1n) is 10.4. The van der Waals surface area contributed by atoms with E-state index in [0.29, 0.717) is 22.8 Å². The Morgan fingerprint density at radius 1 is 0.625 bits per heavy atom. The van der Waals surface area contributed by atoms with Crippen molar-refractivity contribution in [3.05, 3.63) is 95.3 Å². The second-order valence-corrected chi connectivity index (χ2v) is 7.93. The molecule has 0 unspecified atom stereocenters. The lowest BCUT2D eigenvalue weighted by Gasteiger charge is -2.14. The number of para-hydroxylation sites is 2. The van der Waals surface area contributed by atoms with Crippen molar-refractivity contribution in [2.24, 2.45) is 0 Å². The van der Waals surface area contributed by atoms with Crippen LogP contribution in [0.25, 0.3) is 21.8 Å². The summed E-state index contributed by atoms with van der Waals surface area (Å²) in [6.45, 7) is 3.94. The Kier molecular flexibility index (Phi) is 4.75. The van der Waals surface area contributed by atoms with Gasteiger partial charge in [-0.15, -0.1) is 0 Å². The highest BCUT2D eigenvalue weighted by Crippen LogP contribution is 2.28. The van der Waals surface area contributed by atoms with Crippen LogP contribution in [0.15, 0.2) is 72.8 Å². The van der Waals surface area contributed by atoms with E-state index in [1.165, 1.54) is 0 Å². The van der Waals surface area contributed by atoms with E-state index < -0.39 is 0 Å². The summed E-state index contributed by atoms with van der Waals surface area (Å²) in [6, 6.07) is 22.8. The maximum absolute atomic E-state index is 12.9. The van der Waals surface area contributed by atoms with Crippen molar-refractivity contribution in [1.82, 2.24) is 9.97 Å². The molecule has 5 aromatic rings. The quantitative estimate of drug-likeness (QED) is 0.296. The first-order valence-corrected chi connectivity index (χ1v) is 10.4. The molecule has 0 bridgehead atoms. The minimum atomic E-state index is -0.273. The summed E-state index contributed by atoms with van der Waals surface area (Å²) in [7, 11) is 0. The number of carbonyl (C=O) groups is 2. The zero-order valence-electron chi connectivity index (χ0n) is 17.7. The van der Waals surface area contributed by atoms with Crippen molar-refractivity contribution >= 4 is 45.0 Å². The molecular weight excluding hydrogens is 400 g/mol. The Bertz CT molecular complexity index is 1310. The minimum Gasteiger partial charge on any atom is -0.351 e. The largest absolute Gasteiger partial charge is 0.351 e. The number of aryl methyl sites for hydroxylation is 2. The third-order valence-corrected chi connectivity index (χ3v) is 5.68. The topological polar surface area (TPSA) is 89.8 Å². The van der Waals surface area contributed by atoms with Gasteiger partial charge in [-0.1, -0.05) is 36.4 Å². The van der Waals surface area contributed by atoms with Crippen molar-refractivity contribution in [2.45, 2.75) is 13.8 Å². The second-order valence-electron chi connectivity index (χ2n) is 7.93. The van der Waals surface area contributed by atoms with Gasteiger partial charge < -0.3 is 20.6 Å². The third-order valence-electron chi connectivity index (χ3n) is 5.68. The van der Waals surface area contributed by atoms with Gasteiger partial charge in [0.1, 0.15) is 11.4 Å². The lowest BCUT2D eigenvalue weighted by atomic mass is 10.1. The molecule has 6 nitrogen and oxygen atoms in total. The number of benzene rings is 3. The molecule has 5 rings (SSSR count). The molecule has 0 saturated carbocycles. The third kappa shape index (κ3) is 3.63. The Morgan fingerprint density at radius 3 is 1.44 bits per heavy atom. The van der Waals surface area contributed by atoms with Crippen LogP contribution in [0, 0.1) is 13.8 Å². The van der Waals surface area contributed by atoms with Gasteiger partial charge in [0.05, 0.1) is 11.4 Å². The summed E-state index contributed by atoms with van der Waals surface area (Å²) in [5.74, 6) is -0.545. The highest BCUT2D eigenvalue weighted by Gasteiger charge is 2.16. The lowest BCUT2D eigenvalue weighted by Crippen LogP contribution is -2.17. The first kappa shape index (κ1) is 19.6. The summed E-state index contributed by atoms with van der Waals surface area (Å²) in [5, 5.41) is 7.81. The van der Waals surface area contributed by atoms with E-state index in [9.17, 15) is 9.59 Å². The van der Waals surface area contributed by atoms with Crippen LogP contribution >= 0.6 is 0 Å². The van der Waals surface area contributed by atoms with E-state index in [0.717, 1.165) is 32.9 Å². The zero-order valence-corrected chi connectivity index (χ0v) is 17.7. The van der Waals surface area contributed by atoms with E-state index in [2.05, 4.69) is 20.6 Å². The van der Waals surface area contributed by atoms with Gasteiger partial charge in [-0.05, 0) is 61.4 Å². The molecular formula is C26H22N4O2. The molecule has 2 amide bonds. The van der Waals surface area contributed by atoms with Crippen LogP contribution in [0.4, 0.5) is 11.4 Å². The van der Waals surface area contributed by atoms with E-state index in [-0.39, 0.29) is 11.8 Å². The second kappa shape index (κ2) is 7.74. The van der Waals surface area contributed by atoms with Gasteiger partial charge in [0.15, 0.2) is 0 Å². The lowest BCUT2D eigenvalue weighted by molar-refractivity contribution is 0.101. The van der Waals surface area contributed by atoms with Crippen LogP contribution in [0.3, 0.4) is 0 Å². The molecule has 6 heteroatoms. The number of H-pyrrole nitrogens is 2. The fraction of sp³-hybridized carbons (Fsp3) is 0.0769. The highest BCUT2D eigenvalue weighted by molar-refractivity contribution is 6.11. The number of aromatic nitrogens is 2. The van der Waals surface area contributed by atoms with Crippen LogP contribution in [0.2, 0.25) is 0 Å². The van der Waals surface area contributed by atoms with Crippen molar-refractivity contribution in [3.8, 4) is 0 Å². The van der Waals surface area contributed by atoms with E-state index in [4.69, 9.17) is 0 Å². The van der Waals surface area contributed by atoms with Gasteiger partial charge in [0.2, 0.25) is 0 Å². The van der Waals surface area contributed by atoms with Crippen LogP contribution in [0.5, 0.6) is 0 Å². The van der Waals surface area contributed by atoms with Crippen molar-refractivity contribution in [1.29, 1.82) is 0 Å². The molecule has 0 saturated heterocycles. The summed E-state index contributed by atoms with van der Waals surface area (Å²) < 4.78 is 0. The molecule has 2 heterocycles. The molecule has 0 fully saturated rings. The Balaban J connectivity index is 1.44. The van der Waals surface area contributed by atoms with Crippen molar-refractivity contribution in [3.63, 3.8) is 0 Å². The first-order chi connectivity index (χ1) is 15.5. The van der Waals surface area contributed by atoms with Crippen molar-refractivity contribution in [2.75, 3.05) is 10.6 Å². The number of aromatic amines is 2. The molecule has 3 aromatic carbocycles. The number of anilines is 2. The Hall–Kier alpha value is -4.32. The van der Waals surface area contributed by atoms with Gasteiger partial charge in [-0.2, -0.15) is 0 Å². The molecule has 0 radical (unpaired) electrons. The number of carbonyl (C=O) groups excluding carboxylic acids is 2. The number of amides is 2. The average molecular weight is 422 g/mol. The molecule has 4 N–H and O–H groups in total. The summed E-state index contributed by atoms with van der Waals surface area (Å²) in [4.78, 5) is 32.2. The van der Waals surface area contributed by atoms with Crippen LogP contribution in [0.1, 0.15) is 32.1 Å². The number of rotatable bonds is 4. The molecule has 0 spiro atoms. The smallest absolute Gasteiger partial charge is 0.272 e. The fourth-order valence-electron chi connectivity index (χ4n) is 3.79. The van der Waals surface area contributed by atoms with Gasteiger partial charge >= 0.3 is 0 Å². The van der Waals surface area contributed by atoms with Crippen LogP contribution < -0.4 is 10.6 Å². The standard InChI is InChI=1S/C26H22N4O2/c1-15-11-21(29-25(31)23-13-17-7-3-5-9-19(17)27-23)22(12-16(15)2)30-26(32)24-14-18-8-4-6-10-20(18)28-24/h3-14,27-28H,1-2H3,(H,29,31)(H,30,32). The SMILES string of the molecule is Cc1cc(NC(=O)c2cc3ccccc3[nH]2)c(NC(=O)c2cc3ccccc3[nH]2)cc1C. The van der Waals surface area contributed by atoms with Crippen LogP contribution in [-0.4, -0.2) is 21.8 Å². The number of nitrogens with one attached hydrogen (secondary N) is 4. The average Bonchev–Trinajstić information content (AvgIpc) is 3.41. The van der Waals surface area contributed by atoms with Gasteiger partial charge in [0, 0.05) is 21.8 Å². The Morgan fingerprint density at radius 2 is 1.03 bits per heavy atom. The predicted octanol–water partition coefficient (Wildman–Crippen LogP) is 5.77. The normalized spacial score (nSPS) is 11.1. The summed E-state index contributed by atoms with van der Waals surface area (Å²) in [5.41, 5.74) is 5.81. The van der Waals surface area contributed by atoms with Crippen molar-refractivity contribution < 1.29 is 9.59 Å². The highest BCUT2D eigenvalue weighted by atomic mass is 16.2. The maximum Gasteiger partial charge on any atom is 0.272 e. The monoisotopic (exact) mass is 422 g/mol. The molecule has 0 atom stereocenters. The fourth-order valence-corrected chi connectivity index (χ4v) is 3.79. The maximum atomic E-state index is 12.9. The van der Waals surface area contributed by atoms with E-state index in [1.807, 2.05) is 86.6 Å². The number of hydrogen-bond acceptors (Lipinski definition) is 2. The van der Waals surface area contributed by atoms with E-state index in [1.54, 1.807) is 0 Å². The molecule has 2 aromatic heterocycles. The molecule has 0 aliphatic heterocycles. The predicted molar refractivity (Wildman–Crippen MR) is 128 cm³/mol. The summed E-state index contributed by atoms with van der Waals surface area (Å²) >= 11 is 0. The van der Waals surface area contributed by atoms with Gasteiger partial charge in [-0.25, -0.2) is 0 Å². The van der Waals surface area contributed by atoms with Gasteiger partial charge in [0.25, 0.3) is 11.8 Å². The molecule has 0 aliphatic rings. The number of hydrogen-bond donors (Lipinski definition) is 4. The minimum absolute atomic E-state index is 0.273. The number of fused-ring (bicyclic) bond motifs is 2. The molecule has 0 aliphatic carbocycles. The summed E-state index contributed by atoms with van der Waals surface area (Å²) in [6.07, 6.45) is 0. The van der Waals surface area contributed by atoms with Gasteiger partial charge in [-0.3, -0.25) is 9.59 Å². The zero-order chi connectivity index (χ0) is 22.2. The Labute approximate surface area is 184 Å².